The number of nitrogens with one attached hydrogen (secondary N) is 2. The molecule has 0 heterocycles. The lowest BCUT2D eigenvalue weighted by Gasteiger charge is -2.16. The van der Waals surface area contributed by atoms with Gasteiger partial charge < -0.3 is 20.1 Å². The summed E-state index contributed by atoms with van der Waals surface area (Å²) < 4.78 is 10.4. The third kappa shape index (κ3) is 5.01. The van der Waals surface area contributed by atoms with Crippen molar-refractivity contribution in [2.75, 3.05) is 24.9 Å². The topological polar surface area (TPSA) is 90.1 Å². The fourth-order valence-electron chi connectivity index (χ4n) is 2.96. The van der Waals surface area contributed by atoms with Crippen molar-refractivity contribution in [3.63, 3.8) is 0 Å². The minimum absolute atomic E-state index is 0.338. The summed E-state index contributed by atoms with van der Waals surface area (Å²) in [5, 5.41) is 25.5. The van der Waals surface area contributed by atoms with E-state index in [2.05, 4.69) is 22.8 Å². The molecule has 30 heavy (non-hydrogen) atoms. The molecule has 0 atom stereocenters. The fourth-order valence-corrected chi connectivity index (χ4v) is 2.96. The highest BCUT2D eigenvalue weighted by Crippen LogP contribution is 2.28. The van der Waals surface area contributed by atoms with E-state index in [-0.39, 0.29) is 0 Å². The minimum Gasteiger partial charge on any atom is -0.497 e. The zero-order chi connectivity index (χ0) is 21.3. The lowest BCUT2D eigenvalue weighted by molar-refractivity contribution is 0.414. The van der Waals surface area contributed by atoms with Gasteiger partial charge in [-0.15, -0.1) is 0 Å². The molecular weight excluding hydrogens is 376 g/mol. The lowest BCUT2D eigenvalue weighted by Crippen LogP contribution is -2.07. The Morgan fingerprint density at radius 3 is 1.33 bits per heavy atom. The molecule has 3 rings (SSSR count). The molecule has 0 spiro atoms. The summed E-state index contributed by atoms with van der Waals surface area (Å²) in [6.07, 6.45) is 0. The monoisotopic (exact) mass is 398 g/mol. The number of hydrogen-bond acceptors (Lipinski definition) is 6. The van der Waals surface area contributed by atoms with Crippen LogP contribution in [0.5, 0.6) is 11.5 Å². The third-order valence-corrected chi connectivity index (χ3v) is 4.68. The Labute approximate surface area is 176 Å². The van der Waals surface area contributed by atoms with Gasteiger partial charge in [0.05, 0.1) is 36.7 Å². The van der Waals surface area contributed by atoms with Crippen LogP contribution in [0.15, 0.2) is 60.7 Å². The molecule has 3 aromatic rings. The van der Waals surface area contributed by atoms with Crippen LogP contribution in [0, 0.1) is 22.7 Å². The smallest absolute Gasteiger partial charge is 0.118 e. The number of rotatable bonds is 8. The average molecular weight is 398 g/mol. The van der Waals surface area contributed by atoms with Crippen molar-refractivity contribution in [2.45, 2.75) is 13.1 Å². The first-order chi connectivity index (χ1) is 14.7. The molecule has 0 saturated carbocycles. The van der Waals surface area contributed by atoms with Gasteiger partial charge in [-0.25, -0.2) is 0 Å². The summed E-state index contributed by atoms with van der Waals surface area (Å²) in [5.74, 6) is 1.59. The number of benzene rings is 3. The van der Waals surface area contributed by atoms with Crippen LogP contribution in [0.3, 0.4) is 0 Å². The highest BCUT2D eigenvalue weighted by molar-refractivity contribution is 5.74. The molecule has 3 aromatic carbocycles. The van der Waals surface area contributed by atoms with Gasteiger partial charge in [-0.3, -0.25) is 0 Å². The van der Waals surface area contributed by atoms with E-state index in [4.69, 9.17) is 9.47 Å². The Morgan fingerprint density at radius 2 is 1.03 bits per heavy atom. The summed E-state index contributed by atoms with van der Waals surface area (Å²) in [6.45, 7) is 1.13. The molecule has 0 aromatic heterocycles. The predicted molar refractivity (Wildman–Crippen MR) is 117 cm³/mol. The quantitative estimate of drug-likeness (QED) is 0.573. The van der Waals surface area contributed by atoms with Gasteiger partial charge in [0.2, 0.25) is 0 Å². The molecule has 0 aliphatic carbocycles. The first-order valence-electron chi connectivity index (χ1n) is 9.38. The van der Waals surface area contributed by atoms with Crippen LogP contribution < -0.4 is 20.1 Å². The first kappa shape index (κ1) is 20.6. The number of methoxy groups -OCH3 is 2. The second kappa shape index (κ2) is 9.86. The van der Waals surface area contributed by atoms with Gasteiger partial charge >= 0.3 is 0 Å². The zero-order valence-electron chi connectivity index (χ0n) is 16.9. The van der Waals surface area contributed by atoms with Crippen molar-refractivity contribution >= 4 is 11.4 Å². The van der Waals surface area contributed by atoms with E-state index in [0.29, 0.717) is 24.2 Å². The van der Waals surface area contributed by atoms with E-state index < -0.39 is 0 Å². The Hall–Kier alpha value is -4.16. The lowest BCUT2D eigenvalue weighted by atomic mass is 10.1. The van der Waals surface area contributed by atoms with E-state index >= 15 is 0 Å². The Kier molecular flexibility index (Phi) is 6.76. The summed E-state index contributed by atoms with van der Waals surface area (Å²) >= 11 is 0. The van der Waals surface area contributed by atoms with E-state index in [1.165, 1.54) is 0 Å². The van der Waals surface area contributed by atoms with E-state index in [0.717, 1.165) is 34.0 Å². The highest BCUT2D eigenvalue weighted by Gasteiger charge is 2.10. The van der Waals surface area contributed by atoms with Gasteiger partial charge in [0.15, 0.2) is 0 Å². The van der Waals surface area contributed by atoms with Crippen LogP contribution in [0.2, 0.25) is 0 Å². The number of hydrogen-bond donors (Lipinski definition) is 2. The molecule has 0 radical (unpaired) electrons. The van der Waals surface area contributed by atoms with Gasteiger partial charge in [-0.2, -0.15) is 10.5 Å². The molecule has 0 bridgehead atoms. The Balaban J connectivity index is 1.80. The van der Waals surface area contributed by atoms with Crippen molar-refractivity contribution in [2.24, 2.45) is 0 Å². The van der Waals surface area contributed by atoms with Crippen molar-refractivity contribution in [1.82, 2.24) is 0 Å². The highest BCUT2D eigenvalue weighted by atomic mass is 16.5. The summed E-state index contributed by atoms with van der Waals surface area (Å²) in [7, 11) is 3.27. The molecule has 6 heteroatoms. The maximum atomic E-state index is 9.39. The second-order valence-corrected chi connectivity index (χ2v) is 6.57. The molecule has 0 saturated heterocycles. The maximum Gasteiger partial charge on any atom is 0.118 e. The Morgan fingerprint density at radius 1 is 0.667 bits per heavy atom. The predicted octanol–water partition coefficient (Wildman–Crippen LogP) is 4.67. The van der Waals surface area contributed by atoms with Crippen LogP contribution in [-0.2, 0) is 13.1 Å². The molecule has 150 valence electrons. The molecule has 0 amide bonds. The van der Waals surface area contributed by atoms with Crippen molar-refractivity contribution in [1.29, 1.82) is 10.5 Å². The fraction of sp³-hybridized carbons (Fsp3) is 0.167. The van der Waals surface area contributed by atoms with Crippen LogP contribution >= 0.6 is 0 Å². The van der Waals surface area contributed by atoms with E-state index in [1.54, 1.807) is 26.4 Å². The number of nitriles is 2. The van der Waals surface area contributed by atoms with Crippen LogP contribution in [0.25, 0.3) is 0 Å². The third-order valence-electron chi connectivity index (χ3n) is 4.68. The zero-order valence-corrected chi connectivity index (χ0v) is 16.9. The molecule has 0 aliphatic heterocycles. The minimum atomic E-state index is 0.338. The van der Waals surface area contributed by atoms with Gasteiger partial charge in [0.1, 0.15) is 23.6 Å². The van der Waals surface area contributed by atoms with Crippen LogP contribution in [0.4, 0.5) is 11.4 Å². The molecule has 0 unspecified atom stereocenters. The summed E-state index contributed by atoms with van der Waals surface area (Å²) in [6, 6.07) is 23.1. The van der Waals surface area contributed by atoms with E-state index in [1.807, 2.05) is 48.5 Å². The van der Waals surface area contributed by atoms with Gasteiger partial charge in [0, 0.05) is 13.1 Å². The van der Waals surface area contributed by atoms with Gasteiger partial charge in [-0.05, 0) is 47.5 Å². The van der Waals surface area contributed by atoms with E-state index in [9.17, 15) is 10.5 Å². The molecule has 0 aliphatic rings. The second-order valence-electron chi connectivity index (χ2n) is 6.57. The van der Waals surface area contributed by atoms with Crippen LogP contribution in [-0.4, -0.2) is 14.2 Å². The molecule has 6 nitrogen and oxygen atoms in total. The van der Waals surface area contributed by atoms with Crippen molar-refractivity contribution in [3.05, 3.63) is 82.9 Å². The first-order valence-corrected chi connectivity index (χ1v) is 9.38. The van der Waals surface area contributed by atoms with Gasteiger partial charge in [-0.1, -0.05) is 24.3 Å². The summed E-state index contributed by atoms with van der Waals surface area (Å²) in [4.78, 5) is 0. The van der Waals surface area contributed by atoms with Crippen LogP contribution in [0.1, 0.15) is 22.3 Å². The normalized spacial score (nSPS) is 9.87. The summed E-state index contributed by atoms with van der Waals surface area (Å²) in [5.41, 5.74) is 4.33. The molecule has 0 fully saturated rings. The molecular formula is C24H22N4O2. The average Bonchev–Trinajstić information content (AvgIpc) is 2.81. The largest absolute Gasteiger partial charge is 0.497 e. The van der Waals surface area contributed by atoms with Gasteiger partial charge in [0.25, 0.3) is 0 Å². The number of anilines is 2. The number of ether oxygens (including phenoxy) is 2. The standard InChI is InChI=1S/C24H22N4O2/c1-29-21-7-3-17(4-8-21)15-27-23-11-19(13-25)20(14-26)12-24(23)28-16-18-5-9-22(30-2)10-6-18/h3-12,27-28H,15-16H2,1-2H3. The van der Waals surface area contributed by atoms with Crippen molar-refractivity contribution in [3.8, 4) is 23.6 Å². The number of nitrogens with zero attached hydrogens (tertiary/aromatic N) is 2. The molecule has 2 N–H and O–H groups in total. The SMILES string of the molecule is COc1ccc(CNc2cc(C#N)c(C#N)cc2NCc2ccc(OC)cc2)cc1. The van der Waals surface area contributed by atoms with Crippen molar-refractivity contribution < 1.29 is 9.47 Å². The maximum absolute atomic E-state index is 9.39. The Bertz CT molecular complexity index is 990.